The van der Waals surface area contributed by atoms with Crippen LogP contribution in [-0.2, 0) is 17.6 Å². The Morgan fingerprint density at radius 3 is 2.81 bits per heavy atom. The van der Waals surface area contributed by atoms with Gasteiger partial charge in [-0.2, -0.15) is 5.26 Å². The molecule has 0 aliphatic heterocycles. The third-order valence-electron chi connectivity index (χ3n) is 4.61. The number of nitrogens with one attached hydrogen (secondary N) is 1. The summed E-state index contributed by atoms with van der Waals surface area (Å²) in [6.45, 7) is 0. The van der Waals surface area contributed by atoms with Crippen LogP contribution in [0, 0.1) is 11.3 Å². The molecule has 3 rings (SSSR count). The monoisotopic (exact) mass is 381 g/mol. The number of ether oxygens (including phenoxy) is 1. The molecule has 1 aromatic carbocycles. The average molecular weight is 382 g/mol. The van der Waals surface area contributed by atoms with Crippen LogP contribution in [0.1, 0.15) is 42.5 Å². The van der Waals surface area contributed by atoms with E-state index in [0.29, 0.717) is 22.0 Å². The molecule has 0 unspecified atom stereocenters. The number of carbonyl (C=O) groups excluding carboxylic acids is 1. The van der Waals surface area contributed by atoms with Crippen molar-refractivity contribution in [1.82, 2.24) is 4.98 Å². The molecule has 0 fully saturated rings. The Labute approximate surface area is 164 Å². The molecular formula is C21H23N3O2S. The van der Waals surface area contributed by atoms with Crippen molar-refractivity contribution in [2.24, 2.45) is 0 Å². The maximum atomic E-state index is 12.3. The van der Waals surface area contributed by atoms with Crippen LogP contribution in [0.4, 0.5) is 5.69 Å². The summed E-state index contributed by atoms with van der Waals surface area (Å²) in [7, 11) is 1.57. The molecule has 1 aliphatic carbocycles. The van der Waals surface area contributed by atoms with E-state index in [1.807, 2.05) is 18.2 Å². The lowest BCUT2D eigenvalue weighted by Crippen LogP contribution is -2.15. The molecule has 0 bridgehead atoms. The number of rotatable bonds is 5. The van der Waals surface area contributed by atoms with Crippen LogP contribution in [0.15, 0.2) is 35.4 Å². The summed E-state index contributed by atoms with van der Waals surface area (Å²) in [4.78, 5) is 17.1. The van der Waals surface area contributed by atoms with E-state index in [0.717, 1.165) is 31.4 Å². The number of benzene rings is 1. The highest BCUT2D eigenvalue weighted by Crippen LogP contribution is 2.27. The van der Waals surface area contributed by atoms with Crippen molar-refractivity contribution in [3.63, 3.8) is 0 Å². The van der Waals surface area contributed by atoms with Crippen LogP contribution in [0.2, 0.25) is 0 Å². The number of nitrogens with zero attached hydrogens (tertiary/aromatic N) is 2. The van der Waals surface area contributed by atoms with Gasteiger partial charge in [0.1, 0.15) is 16.8 Å². The lowest BCUT2D eigenvalue weighted by atomic mass is 9.96. The van der Waals surface area contributed by atoms with Crippen molar-refractivity contribution in [2.75, 3.05) is 18.2 Å². The minimum absolute atomic E-state index is 0.151. The van der Waals surface area contributed by atoms with Gasteiger partial charge >= 0.3 is 0 Å². The van der Waals surface area contributed by atoms with Gasteiger partial charge in [-0.05, 0) is 49.4 Å². The first-order valence-electron chi connectivity index (χ1n) is 9.20. The van der Waals surface area contributed by atoms with Crippen LogP contribution >= 0.6 is 11.8 Å². The number of para-hydroxylation sites is 2. The molecule has 5 nitrogen and oxygen atoms in total. The lowest BCUT2D eigenvalue weighted by Gasteiger charge is -2.15. The Morgan fingerprint density at radius 2 is 2.04 bits per heavy atom. The van der Waals surface area contributed by atoms with E-state index >= 15 is 0 Å². The van der Waals surface area contributed by atoms with Crippen molar-refractivity contribution in [2.45, 2.75) is 43.6 Å². The van der Waals surface area contributed by atoms with Crippen LogP contribution < -0.4 is 10.1 Å². The molecule has 0 atom stereocenters. The molecule has 1 aromatic heterocycles. The zero-order valence-corrected chi connectivity index (χ0v) is 16.3. The Bertz CT molecular complexity index is 861. The third kappa shape index (κ3) is 5.01. The summed E-state index contributed by atoms with van der Waals surface area (Å²) in [6, 6.07) is 11.5. The Balaban J connectivity index is 1.70. The minimum Gasteiger partial charge on any atom is -0.495 e. The fourth-order valence-corrected chi connectivity index (χ4v) is 4.00. The average Bonchev–Trinajstić information content (AvgIpc) is 2.67. The number of pyridine rings is 1. The van der Waals surface area contributed by atoms with Crippen LogP contribution in [-0.4, -0.2) is 23.8 Å². The first-order valence-corrected chi connectivity index (χ1v) is 10.2. The fourth-order valence-electron chi connectivity index (χ4n) is 3.23. The first-order chi connectivity index (χ1) is 13.2. The number of thioether (sulfide) groups is 1. The van der Waals surface area contributed by atoms with Gasteiger partial charge < -0.3 is 10.1 Å². The van der Waals surface area contributed by atoms with Gasteiger partial charge in [-0.15, -0.1) is 0 Å². The fraction of sp³-hybridized carbons (Fsp3) is 0.381. The number of aryl methyl sites for hydroxylation is 2. The maximum Gasteiger partial charge on any atom is 0.234 e. The number of hydrogen-bond acceptors (Lipinski definition) is 5. The van der Waals surface area contributed by atoms with E-state index in [-0.39, 0.29) is 11.7 Å². The van der Waals surface area contributed by atoms with E-state index in [2.05, 4.69) is 11.4 Å². The van der Waals surface area contributed by atoms with Crippen LogP contribution in [0.25, 0.3) is 0 Å². The quantitative estimate of drug-likeness (QED) is 0.779. The van der Waals surface area contributed by atoms with Gasteiger partial charge in [0, 0.05) is 5.69 Å². The van der Waals surface area contributed by atoms with Crippen molar-refractivity contribution in [3.05, 3.63) is 47.2 Å². The molecule has 1 amide bonds. The standard InChI is InChI=1S/C21H23N3O2S/c1-26-19-11-7-6-10-18(19)23-20(25)14-27-21-16(13-22)12-15-8-4-2-3-5-9-17(15)24-21/h6-7,10-12H,2-5,8-9,14H2,1H3,(H,23,25). The SMILES string of the molecule is COc1ccccc1NC(=O)CSc1nc2c(cc1C#N)CCCCCC2. The zero-order chi connectivity index (χ0) is 19.1. The van der Waals surface area contributed by atoms with E-state index in [4.69, 9.17) is 9.72 Å². The largest absolute Gasteiger partial charge is 0.495 e. The third-order valence-corrected chi connectivity index (χ3v) is 5.60. The second-order valence-corrected chi connectivity index (χ2v) is 7.47. The summed E-state index contributed by atoms with van der Waals surface area (Å²) in [5.74, 6) is 0.660. The summed E-state index contributed by atoms with van der Waals surface area (Å²) in [5, 5.41) is 13.0. The van der Waals surface area contributed by atoms with Crippen LogP contribution in [0.5, 0.6) is 5.75 Å². The second kappa shape index (κ2) is 9.43. The van der Waals surface area contributed by atoms with Gasteiger partial charge in [-0.1, -0.05) is 36.7 Å². The molecule has 0 saturated heterocycles. The summed E-state index contributed by atoms with van der Waals surface area (Å²) >= 11 is 1.31. The van der Waals surface area contributed by atoms with Gasteiger partial charge in [0.25, 0.3) is 0 Å². The number of nitriles is 1. The number of aromatic nitrogens is 1. The number of carbonyl (C=O) groups is 1. The Morgan fingerprint density at radius 1 is 1.26 bits per heavy atom. The van der Waals surface area contributed by atoms with Gasteiger partial charge in [-0.3, -0.25) is 4.79 Å². The first kappa shape index (κ1) is 19.2. The number of amides is 1. The van der Waals surface area contributed by atoms with Gasteiger partial charge in [-0.25, -0.2) is 4.98 Å². The summed E-state index contributed by atoms with van der Waals surface area (Å²) in [6.07, 6.45) is 6.67. The lowest BCUT2D eigenvalue weighted by molar-refractivity contribution is -0.113. The number of hydrogen-bond donors (Lipinski definition) is 1. The highest BCUT2D eigenvalue weighted by Gasteiger charge is 2.15. The molecule has 1 N–H and O–H groups in total. The molecule has 140 valence electrons. The predicted molar refractivity (Wildman–Crippen MR) is 107 cm³/mol. The maximum absolute atomic E-state index is 12.3. The molecule has 1 aliphatic rings. The van der Waals surface area contributed by atoms with Gasteiger partial charge in [0.2, 0.25) is 5.91 Å². The molecule has 27 heavy (non-hydrogen) atoms. The molecule has 2 aromatic rings. The normalized spacial score (nSPS) is 13.6. The van der Waals surface area contributed by atoms with Crippen molar-refractivity contribution in [3.8, 4) is 11.8 Å². The zero-order valence-electron chi connectivity index (χ0n) is 15.5. The van der Waals surface area contributed by atoms with E-state index in [1.165, 1.54) is 30.2 Å². The molecule has 1 heterocycles. The van der Waals surface area contributed by atoms with Crippen LogP contribution in [0.3, 0.4) is 0 Å². The van der Waals surface area contributed by atoms with E-state index in [1.54, 1.807) is 19.2 Å². The predicted octanol–water partition coefficient (Wildman–Crippen LogP) is 4.35. The summed E-state index contributed by atoms with van der Waals surface area (Å²) < 4.78 is 5.25. The molecule has 0 radical (unpaired) electrons. The minimum atomic E-state index is -0.151. The Hall–Kier alpha value is -2.52. The van der Waals surface area contributed by atoms with Gasteiger partial charge in [0.15, 0.2) is 0 Å². The van der Waals surface area contributed by atoms with E-state index in [9.17, 15) is 10.1 Å². The molecular weight excluding hydrogens is 358 g/mol. The molecule has 0 saturated carbocycles. The number of methoxy groups -OCH3 is 1. The highest BCUT2D eigenvalue weighted by molar-refractivity contribution is 8.00. The van der Waals surface area contributed by atoms with E-state index < -0.39 is 0 Å². The number of anilines is 1. The summed E-state index contributed by atoms with van der Waals surface area (Å²) in [5.41, 5.74) is 3.47. The molecule has 0 spiro atoms. The Kier molecular flexibility index (Phi) is 6.72. The smallest absolute Gasteiger partial charge is 0.234 e. The van der Waals surface area contributed by atoms with Gasteiger partial charge in [0.05, 0.1) is 24.1 Å². The van der Waals surface area contributed by atoms with Crippen molar-refractivity contribution in [1.29, 1.82) is 5.26 Å². The van der Waals surface area contributed by atoms with Crippen molar-refractivity contribution >= 4 is 23.4 Å². The highest BCUT2D eigenvalue weighted by atomic mass is 32.2. The molecule has 6 heteroatoms. The van der Waals surface area contributed by atoms with Crippen molar-refractivity contribution < 1.29 is 9.53 Å². The second-order valence-electron chi connectivity index (χ2n) is 6.51. The topological polar surface area (TPSA) is 75.0 Å². The number of fused-ring (bicyclic) bond motifs is 1.